The number of hydrogen-bond acceptors (Lipinski definition) is 4. The number of benzene rings is 1. The number of hydrogen-bond donors (Lipinski definition) is 3. The molecule has 1 fully saturated rings. The van der Waals surface area contributed by atoms with Gasteiger partial charge in [-0.3, -0.25) is 9.59 Å². The number of nitrogens with one attached hydrogen (secondary N) is 2. The number of rotatable bonds is 7. The second-order valence-electron chi connectivity index (χ2n) is 6.52. The molecule has 6 nitrogen and oxygen atoms in total. The molecule has 1 aliphatic rings. The number of anilines is 1. The molecule has 0 saturated carbocycles. The molecule has 2 amide bonds. The predicted octanol–water partition coefficient (Wildman–Crippen LogP) is 1.43. The van der Waals surface area contributed by atoms with Crippen molar-refractivity contribution in [3.05, 3.63) is 29.8 Å². The van der Waals surface area contributed by atoms with E-state index in [1.165, 1.54) is 12.8 Å². The lowest BCUT2D eigenvalue weighted by Gasteiger charge is -2.16. The van der Waals surface area contributed by atoms with E-state index in [0.717, 1.165) is 19.6 Å². The Hall–Kier alpha value is -1.92. The standard InChI is InChI=1S/C18H28N4O2/c1-13(14(2)19)17(23)21-16-7-5-15(6-8-16)18(24)20-9-12-22-10-3-4-11-22/h5-8,13-14H,3-4,9-12,19H2,1-2H3,(H,20,24)(H,21,23). The highest BCUT2D eigenvalue weighted by molar-refractivity contribution is 5.96. The van der Waals surface area contributed by atoms with Crippen LogP contribution in [0.3, 0.4) is 0 Å². The van der Waals surface area contributed by atoms with E-state index in [1.807, 2.05) is 0 Å². The van der Waals surface area contributed by atoms with Gasteiger partial charge in [-0.15, -0.1) is 0 Å². The van der Waals surface area contributed by atoms with E-state index in [2.05, 4.69) is 15.5 Å². The fraction of sp³-hybridized carbons (Fsp3) is 0.556. The number of carbonyl (C=O) groups excluding carboxylic acids is 2. The van der Waals surface area contributed by atoms with Gasteiger partial charge in [0.25, 0.3) is 5.91 Å². The Morgan fingerprint density at radius 3 is 2.38 bits per heavy atom. The van der Waals surface area contributed by atoms with Crippen LogP contribution >= 0.6 is 0 Å². The molecule has 2 rings (SSSR count). The average Bonchev–Trinajstić information content (AvgIpc) is 3.08. The summed E-state index contributed by atoms with van der Waals surface area (Å²) in [7, 11) is 0. The summed E-state index contributed by atoms with van der Waals surface area (Å²) < 4.78 is 0. The van der Waals surface area contributed by atoms with Gasteiger partial charge in [0, 0.05) is 30.4 Å². The highest BCUT2D eigenvalue weighted by Crippen LogP contribution is 2.12. The van der Waals surface area contributed by atoms with Crippen LogP contribution in [0, 0.1) is 5.92 Å². The van der Waals surface area contributed by atoms with E-state index in [-0.39, 0.29) is 23.8 Å². The fourth-order valence-electron chi connectivity index (χ4n) is 2.64. The van der Waals surface area contributed by atoms with Crippen LogP contribution in [0.5, 0.6) is 0 Å². The number of nitrogens with zero attached hydrogens (tertiary/aromatic N) is 1. The van der Waals surface area contributed by atoms with Gasteiger partial charge in [0.2, 0.25) is 5.91 Å². The second-order valence-corrected chi connectivity index (χ2v) is 6.52. The summed E-state index contributed by atoms with van der Waals surface area (Å²) in [6.45, 7) is 7.41. The molecule has 0 spiro atoms. The van der Waals surface area contributed by atoms with Crippen molar-refractivity contribution in [1.82, 2.24) is 10.2 Å². The summed E-state index contributed by atoms with van der Waals surface area (Å²) in [5.74, 6) is -0.470. The first-order chi connectivity index (χ1) is 11.5. The minimum Gasteiger partial charge on any atom is -0.351 e. The maximum atomic E-state index is 12.1. The predicted molar refractivity (Wildman–Crippen MR) is 95.9 cm³/mol. The molecule has 0 bridgehead atoms. The zero-order chi connectivity index (χ0) is 17.5. The molecule has 2 unspecified atom stereocenters. The first kappa shape index (κ1) is 18.4. The first-order valence-corrected chi connectivity index (χ1v) is 8.64. The van der Waals surface area contributed by atoms with E-state index in [0.29, 0.717) is 17.8 Å². The minimum atomic E-state index is -0.265. The summed E-state index contributed by atoms with van der Waals surface area (Å²) in [6.07, 6.45) is 2.51. The van der Waals surface area contributed by atoms with Gasteiger partial charge in [-0.05, 0) is 57.1 Å². The normalized spacial score (nSPS) is 17.3. The van der Waals surface area contributed by atoms with E-state index >= 15 is 0 Å². The Morgan fingerprint density at radius 2 is 1.79 bits per heavy atom. The van der Waals surface area contributed by atoms with E-state index in [9.17, 15) is 9.59 Å². The van der Waals surface area contributed by atoms with Crippen LogP contribution in [0.25, 0.3) is 0 Å². The molecule has 0 aliphatic carbocycles. The SMILES string of the molecule is CC(N)C(C)C(=O)Nc1ccc(C(=O)NCCN2CCCC2)cc1. The third kappa shape index (κ3) is 5.32. The molecule has 0 radical (unpaired) electrons. The lowest BCUT2D eigenvalue weighted by molar-refractivity contribution is -0.119. The number of nitrogens with two attached hydrogens (primary N) is 1. The molecule has 6 heteroatoms. The van der Waals surface area contributed by atoms with Crippen molar-refractivity contribution < 1.29 is 9.59 Å². The first-order valence-electron chi connectivity index (χ1n) is 8.64. The lowest BCUT2D eigenvalue weighted by Crippen LogP contribution is -2.34. The van der Waals surface area contributed by atoms with E-state index in [4.69, 9.17) is 5.73 Å². The zero-order valence-electron chi connectivity index (χ0n) is 14.5. The number of likely N-dealkylation sites (tertiary alicyclic amines) is 1. The van der Waals surface area contributed by atoms with Gasteiger partial charge < -0.3 is 21.3 Å². The molecular formula is C18H28N4O2. The molecule has 1 aromatic rings. The third-order valence-electron chi connectivity index (χ3n) is 4.53. The molecule has 1 aliphatic heterocycles. The largest absolute Gasteiger partial charge is 0.351 e. The van der Waals surface area contributed by atoms with Crippen LogP contribution < -0.4 is 16.4 Å². The molecule has 132 valence electrons. The molecule has 0 aromatic heterocycles. The Kier molecular flexibility index (Phi) is 6.75. The monoisotopic (exact) mass is 332 g/mol. The highest BCUT2D eigenvalue weighted by atomic mass is 16.2. The molecular weight excluding hydrogens is 304 g/mol. The van der Waals surface area contributed by atoms with E-state index < -0.39 is 0 Å². The van der Waals surface area contributed by atoms with Crippen LogP contribution in [0.4, 0.5) is 5.69 Å². The fourth-order valence-corrected chi connectivity index (χ4v) is 2.64. The Bertz CT molecular complexity index is 551. The Balaban J connectivity index is 1.79. The summed E-state index contributed by atoms with van der Waals surface area (Å²) in [6, 6.07) is 6.71. The molecule has 1 aromatic carbocycles. The maximum absolute atomic E-state index is 12.1. The topological polar surface area (TPSA) is 87.5 Å². The van der Waals surface area contributed by atoms with Crippen LogP contribution in [0.15, 0.2) is 24.3 Å². The van der Waals surface area contributed by atoms with Crippen molar-refractivity contribution in [2.45, 2.75) is 32.7 Å². The van der Waals surface area contributed by atoms with Gasteiger partial charge >= 0.3 is 0 Å². The van der Waals surface area contributed by atoms with Crippen molar-refractivity contribution >= 4 is 17.5 Å². The molecule has 2 atom stereocenters. The summed E-state index contributed by atoms with van der Waals surface area (Å²) in [5, 5.41) is 5.75. The molecule has 4 N–H and O–H groups in total. The minimum absolute atomic E-state index is 0.0870. The summed E-state index contributed by atoms with van der Waals surface area (Å²) in [4.78, 5) is 26.4. The summed E-state index contributed by atoms with van der Waals surface area (Å²) in [5.41, 5.74) is 6.99. The number of carbonyl (C=O) groups is 2. The molecule has 1 saturated heterocycles. The van der Waals surface area contributed by atoms with Gasteiger partial charge in [0.15, 0.2) is 0 Å². The van der Waals surface area contributed by atoms with Gasteiger partial charge in [0.05, 0.1) is 5.92 Å². The van der Waals surface area contributed by atoms with Gasteiger partial charge in [0.1, 0.15) is 0 Å². The zero-order valence-corrected chi connectivity index (χ0v) is 14.5. The van der Waals surface area contributed by atoms with Crippen LogP contribution in [-0.2, 0) is 4.79 Å². The van der Waals surface area contributed by atoms with Gasteiger partial charge in [-0.2, -0.15) is 0 Å². The third-order valence-corrected chi connectivity index (χ3v) is 4.53. The molecule has 1 heterocycles. The number of amides is 2. The van der Waals surface area contributed by atoms with Crippen molar-refractivity contribution in [3.8, 4) is 0 Å². The maximum Gasteiger partial charge on any atom is 0.251 e. The second kappa shape index (κ2) is 8.80. The Labute approximate surface area is 143 Å². The Morgan fingerprint density at radius 1 is 1.17 bits per heavy atom. The smallest absolute Gasteiger partial charge is 0.251 e. The van der Waals surface area contributed by atoms with E-state index in [1.54, 1.807) is 38.1 Å². The lowest BCUT2D eigenvalue weighted by atomic mass is 10.0. The van der Waals surface area contributed by atoms with Crippen LogP contribution in [-0.4, -0.2) is 48.9 Å². The van der Waals surface area contributed by atoms with Gasteiger partial charge in [-0.1, -0.05) is 6.92 Å². The highest BCUT2D eigenvalue weighted by Gasteiger charge is 2.17. The van der Waals surface area contributed by atoms with Crippen molar-refractivity contribution in [1.29, 1.82) is 0 Å². The quantitative estimate of drug-likeness (QED) is 0.705. The van der Waals surface area contributed by atoms with Crippen molar-refractivity contribution in [2.24, 2.45) is 11.7 Å². The average molecular weight is 332 g/mol. The van der Waals surface area contributed by atoms with Crippen LogP contribution in [0.1, 0.15) is 37.0 Å². The van der Waals surface area contributed by atoms with Gasteiger partial charge in [-0.25, -0.2) is 0 Å². The summed E-state index contributed by atoms with van der Waals surface area (Å²) >= 11 is 0. The molecule has 24 heavy (non-hydrogen) atoms. The van der Waals surface area contributed by atoms with Crippen LogP contribution in [0.2, 0.25) is 0 Å². The van der Waals surface area contributed by atoms with Crippen molar-refractivity contribution in [2.75, 3.05) is 31.5 Å². The van der Waals surface area contributed by atoms with Crippen molar-refractivity contribution in [3.63, 3.8) is 0 Å².